The molecular weight excluding hydrogens is 236 g/mol. The van der Waals surface area contributed by atoms with E-state index in [1.165, 1.54) is 19.2 Å². The van der Waals surface area contributed by atoms with Crippen LogP contribution in [0.15, 0.2) is 18.2 Å². The van der Waals surface area contributed by atoms with E-state index in [4.69, 9.17) is 4.74 Å². The summed E-state index contributed by atoms with van der Waals surface area (Å²) in [4.78, 5) is 24.3. The molecule has 0 atom stereocenters. The van der Waals surface area contributed by atoms with Crippen molar-refractivity contribution in [3.63, 3.8) is 0 Å². The minimum absolute atomic E-state index is 0.0411. The molecular formula is C12H14N2O4. The molecule has 2 rings (SSSR count). The third-order valence-corrected chi connectivity index (χ3v) is 3.02. The quantitative estimate of drug-likeness (QED) is 0.606. The lowest BCUT2D eigenvalue weighted by Crippen LogP contribution is -2.28. The molecule has 0 N–H and O–H groups in total. The van der Waals surface area contributed by atoms with Crippen LogP contribution in [0.5, 0.6) is 5.75 Å². The zero-order valence-electron chi connectivity index (χ0n) is 10.1. The van der Waals surface area contributed by atoms with Gasteiger partial charge in [-0.2, -0.15) is 0 Å². The number of carbonyl (C=O) groups is 1. The highest BCUT2D eigenvalue weighted by atomic mass is 16.6. The molecule has 1 aliphatic rings. The van der Waals surface area contributed by atoms with Gasteiger partial charge in [0, 0.05) is 19.2 Å². The van der Waals surface area contributed by atoms with E-state index in [2.05, 4.69) is 0 Å². The summed E-state index contributed by atoms with van der Waals surface area (Å²) < 4.78 is 5.03. The molecule has 1 aromatic rings. The Morgan fingerprint density at radius 3 is 2.61 bits per heavy atom. The number of likely N-dealkylation sites (tertiary alicyclic amines) is 1. The van der Waals surface area contributed by atoms with Crippen molar-refractivity contribution in [2.45, 2.75) is 12.8 Å². The third kappa shape index (κ3) is 2.13. The fraction of sp³-hybridized carbons (Fsp3) is 0.417. The van der Waals surface area contributed by atoms with E-state index in [9.17, 15) is 14.9 Å². The van der Waals surface area contributed by atoms with Gasteiger partial charge >= 0.3 is 5.69 Å². The van der Waals surface area contributed by atoms with E-state index in [-0.39, 0.29) is 22.9 Å². The molecule has 1 fully saturated rings. The minimum atomic E-state index is -0.542. The minimum Gasteiger partial charge on any atom is -0.490 e. The topological polar surface area (TPSA) is 72.7 Å². The van der Waals surface area contributed by atoms with Crippen LogP contribution in [0.25, 0.3) is 0 Å². The van der Waals surface area contributed by atoms with Gasteiger partial charge in [-0.15, -0.1) is 0 Å². The van der Waals surface area contributed by atoms with E-state index < -0.39 is 4.92 Å². The first-order chi connectivity index (χ1) is 8.65. The smallest absolute Gasteiger partial charge is 0.311 e. The fourth-order valence-corrected chi connectivity index (χ4v) is 2.14. The van der Waals surface area contributed by atoms with Crippen molar-refractivity contribution in [3.8, 4) is 5.75 Å². The highest BCUT2D eigenvalue weighted by molar-refractivity contribution is 5.98. The first-order valence-electron chi connectivity index (χ1n) is 5.76. The Labute approximate surface area is 104 Å². The molecule has 6 heteroatoms. The Kier molecular flexibility index (Phi) is 3.45. The maximum atomic E-state index is 12.2. The second-order valence-corrected chi connectivity index (χ2v) is 4.11. The van der Waals surface area contributed by atoms with Gasteiger partial charge in [-0.3, -0.25) is 14.9 Å². The zero-order chi connectivity index (χ0) is 13.1. The average molecular weight is 250 g/mol. The van der Waals surface area contributed by atoms with Crippen molar-refractivity contribution in [1.82, 2.24) is 4.90 Å². The number of benzene rings is 1. The van der Waals surface area contributed by atoms with Gasteiger partial charge in [0.2, 0.25) is 5.75 Å². The Morgan fingerprint density at radius 1 is 1.39 bits per heavy atom. The largest absolute Gasteiger partial charge is 0.490 e. The van der Waals surface area contributed by atoms with Crippen LogP contribution in [0, 0.1) is 10.1 Å². The molecule has 1 aliphatic heterocycles. The van der Waals surface area contributed by atoms with E-state index >= 15 is 0 Å². The number of hydrogen-bond donors (Lipinski definition) is 0. The second kappa shape index (κ2) is 5.03. The molecule has 1 heterocycles. The van der Waals surface area contributed by atoms with Gasteiger partial charge < -0.3 is 9.64 Å². The summed E-state index contributed by atoms with van der Waals surface area (Å²) in [7, 11) is 1.34. The number of ether oxygens (including phenoxy) is 1. The molecule has 96 valence electrons. The van der Waals surface area contributed by atoms with Gasteiger partial charge in [0.05, 0.1) is 17.6 Å². The van der Waals surface area contributed by atoms with Crippen LogP contribution in [0.2, 0.25) is 0 Å². The monoisotopic (exact) mass is 250 g/mol. The number of methoxy groups -OCH3 is 1. The van der Waals surface area contributed by atoms with E-state index in [0.29, 0.717) is 13.1 Å². The van der Waals surface area contributed by atoms with E-state index in [1.54, 1.807) is 11.0 Å². The lowest BCUT2D eigenvalue weighted by molar-refractivity contribution is -0.385. The van der Waals surface area contributed by atoms with Crippen molar-refractivity contribution >= 4 is 11.6 Å². The SMILES string of the molecule is COc1c(C(=O)N2CCCC2)cccc1[N+](=O)[O-]. The Balaban J connectivity index is 2.40. The molecule has 1 aromatic carbocycles. The van der Waals surface area contributed by atoms with Gasteiger partial charge in [0.1, 0.15) is 0 Å². The summed E-state index contributed by atoms with van der Waals surface area (Å²) in [5.41, 5.74) is 0.0798. The van der Waals surface area contributed by atoms with Crippen LogP contribution >= 0.6 is 0 Å². The summed E-state index contributed by atoms with van der Waals surface area (Å²) in [6.07, 6.45) is 1.95. The molecule has 1 saturated heterocycles. The van der Waals surface area contributed by atoms with Crippen LogP contribution in [-0.2, 0) is 0 Å². The van der Waals surface area contributed by atoms with Crippen LogP contribution < -0.4 is 4.74 Å². The van der Waals surface area contributed by atoms with Gasteiger partial charge in [-0.1, -0.05) is 6.07 Å². The van der Waals surface area contributed by atoms with E-state index in [1.807, 2.05) is 0 Å². The predicted molar refractivity (Wildman–Crippen MR) is 64.8 cm³/mol. The van der Waals surface area contributed by atoms with Gasteiger partial charge in [0.15, 0.2) is 0 Å². The predicted octanol–water partition coefficient (Wildman–Crippen LogP) is 1.84. The normalized spacial score (nSPS) is 14.6. The van der Waals surface area contributed by atoms with Crippen LogP contribution in [0.1, 0.15) is 23.2 Å². The van der Waals surface area contributed by atoms with Gasteiger partial charge in [-0.25, -0.2) is 0 Å². The number of para-hydroxylation sites is 1. The molecule has 0 unspecified atom stereocenters. The van der Waals surface area contributed by atoms with Crippen LogP contribution in [-0.4, -0.2) is 35.9 Å². The molecule has 0 saturated carbocycles. The summed E-state index contributed by atoms with van der Waals surface area (Å²) in [5, 5.41) is 10.9. The molecule has 0 radical (unpaired) electrons. The second-order valence-electron chi connectivity index (χ2n) is 4.11. The number of nitro benzene ring substituents is 1. The average Bonchev–Trinajstić information content (AvgIpc) is 2.90. The van der Waals surface area contributed by atoms with E-state index in [0.717, 1.165) is 12.8 Å². The molecule has 6 nitrogen and oxygen atoms in total. The Hall–Kier alpha value is -2.11. The number of carbonyl (C=O) groups excluding carboxylic acids is 1. The lowest BCUT2D eigenvalue weighted by Gasteiger charge is -2.16. The molecule has 0 bridgehead atoms. The van der Waals surface area contributed by atoms with Crippen LogP contribution in [0.3, 0.4) is 0 Å². The highest BCUT2D eigenvalue weighted by Gasteiger charge is 2.27. The van der Waals surface area contributed by atoms with Crippen molar-refractivity contribution in [2.24, 2.45) is 0 Å². The molecule has 0 aliphatic carbocycles. The molecule has 18 heavy (non-hydrogen) atoms. The van der Waals surface area contributed by atoms with Crippen molar-refractivity contribution in [3.05, 3.63) is 33.9 Å². The van der Waals surface area contributed by atoms with Gasteiger partial charge in [0.25, 0.3) is 5.91 Å². The molecule has 0 aromatic heterocycles. The Bertz CT molecular complexity index is 481. The summed E-state index contributed by atoms with van der Waals surface area (Å²) in [6, 6.07) is 4.40. The molecule has 1 amide bonds. The third-order valence-electron chi connectivity index (χ3n) is 3.02. The lowest BCUT2D eigenvalue weighted by atomic mass is 10.1. The summed E-state index contributed by atoms with van der Waals surface area (Å²) >= 11 is 0. The Morgan fingerprint density at radius 2 is 2.06 bits per heavy atom. The zero-order valence-corrected chi connectivity index (χ0v) is 10.1. The van der Waals surface area contributed by atoms with Gasteiger partial charge in [-0.05, 0) is 18.9 Å². The first kappa shape index (κ1) is 12.3. The number of nitro groups is 1. The van der Waals surface area contributed by atoms with Crippen molar-refractivity contribution in [2.75, 3.05) is 20.2 Å². The number of amides is 1. The number of nitrogens with zero attached hydrogens (tertiary/aromatic N) is 2. The van der Waals surface area contributed by atoms with Crippen LogP contribution in [0.4, 0.5) is 5.69 Å². The fourth-order valence-electron chi connectivity index (χ4n) is 2.14. The highest BCUT2D eigenvalue weighted by Crippen LogP contribution is 2.31. The standard InChI is InChI=1S/C12H14N2O4/c1-18-11-9(5-4-6-10(11)14(16)17)12(15)13-7-2-3-8-13/h4-6H,2-3,7-8H2,1H3. The number of rotatable bonds is 3. The molecule has 0 spiro atoms. The maximum Gasteiger partial charge on any atom is 0.311 e. The van der Waals surface area contributed by atoms with Crippen molar-refractivity contribution < 1.29 is 14.5 Å². The first-order valence-corrected chi connectivity index (χ1v) is 5.76. The summed E-state index contributed by atoms with van der Waals surface area (Å²) in [5.74, 6) is -0.160. The maximum absolute atomic E-state index is 12.2. The number of hydrogen-bond acceptors (Lipinski definition) is 4. The van der Waals surface area contributed by atoms with Crippen molar-refractivity contribution in [1.29, 1.82) is 0 Å². The summed E-state index contributed by atoms with van der Waals surface area (Å²) in [6.45, 7) is 1.40.